The first-order valence-corrected chi connectivity index (χ1v) is 6.91. The van der Waals surface area contributed by atoms with Crippen LogP contribution in [0.3, 0.4) is 0 Å². The molecule has 0 amide bonds. The number of halogens is 1. The van der Waals surface area contributed by atoms with E-state index in [9.17, 15) is 5.11 Å². The molecule has 0 aliphatic rings. The summed E-state index contributed by atoms with van der Waals surface area (Å²) in [7, 11) is 1.62. The highest BCUT2D eigenvalue weighted by Crippen LogP contribution is 2.34. The van der Waals surface area contributed by atoms with Crippen LogP contribution in [0.2, 0.25) is 5.02 Å². The third-order valence-electron chi connectivity index (χ3n) is 3.48. The van der Waals surface area contributed by atoms with Crippen molar-refractivity contribution in [2.75, 3.05) is 7.11 Å². The minimum Gasteiger partial charge on any atom is -0.496 e. The molecule has 2 nitrogen and oxygen atoms in total. The van der Waals surface area contributed by atoms with Crippen molar-refractivity contribution in [2.24, 2.45) is 0 Å². The van der Waals surface area contributed by atoms with Gasteiger partial charge in [0.15, 0.2) is 0 Å². The van der Waals surface area contributed by atoms with Gasteiger partial charge in [0.1, 0.15) is 11.9 Å². The molecule has 2 rings (SSSR count). The number of aliphatic hydroxyl groups excluding tert-OH is 1. The SMILES string of the molecule is COc1cc(C)cc(C)c1C(O)c1ccc(Cl)c(C)c1. The number of rotatable bonds is 3. The Kier molecular flexibility index (Phi) is 4.36. The van der Waals surface area contributed by atoms with Crippen LogP contribution >= 0.6 is 11.6 Å². The highest BCUT2D eigenvalue weighted by Gasteiger charge is 2.19. The van der Waals surface area contributed by atoms with Crippen LogP contribution in [0.15, 0.2) is 30.3 Å². The number of ether oxygens (including phenoxy) is 1. The number of hydrogen-bond acceptors (Lipinski definition) is 2. The van der Waals surface area contributed by atoms with E-state index in [1.165, 1.54) is 0 Å². The summed E-state index contributed by atoms with van der Waals surface area (Å²) in [5.41, 5.74) is 4.70. The smallest absolute Gasteiger partial charge is 0.125 e. The minimum atomic E-state index is -0.721. The summed E-state index contributed by atoms with van der Waals surface area (Å²) in [5.74, 6) is 0.711. The molecule has 20 heavy (non-hydrogen) atoms. The van der Waals surface area contributed by atoms with Gasteiger partial charge in [0.2, 0.25) is 0 Å². The van der Waals surface area contributed by atoms with Crippen molar-refractivity contribution in [3.05, 3.63) is 63.2 Å². The maximum absolute atomic E-state index is 10.7. The Labute approximate surface area is 125 Å². The zero-order chi connectivity index (χ0) is 14.9. The molecule has 2 aromatic rings. The van der Waals surface area contributed by atoms with E-state index in [4.69, 9.17) is 16.3 Å². The average molecular weight is 291 g/mol. The van der Waals surface area contributed by atoms with Crippen molar-refractivity contribution in [2.45, 2.75) is 26.9 Å². The Balaban J connectivity index is 2.52. The Morgan fingerprint density at radius 3 is 2.35 bits per heavy atom. The van der Waals surface area contributed by atoms with Crippen LogP contribution in [0, 0.1) is 20.8 Å². The number of hydrogen-bond donors (Lipinski definition) is 1. The van der Waals surface area contributed by atoms with Gasteiger partial charge in [-0.3, -0.25) is 0 Å². The Morgan fingerprint density at radius 1 is 1.05 bits per heavy atom. The van der Waals surface area contributed by atoms with E-state index in [0.29, 0.717) is 10.8 Å². The van der Waals surface area contributed by atoms with Gasteiger partial charge in [-0.15, -0.1) is 0 Å². The number of benzene rings is 2. The van der Waals surface area contributed by atoms with E-state index >= 15 is 0 Å². The van der Waals surface area contributed by atoms with E-state index in [2.05, 4.69) is 0 Å². The Bertz CT molecular complexity index is 635. The maximum Gasteiger partial charge on any atom is 0.125 e. The lowest BCUT2D eigenvalue weighted by atomic mass is 9.94. The number of methoxy groups -OCH3 is 1. The molecule has 0 aromatic heterocycles. The van der Waals surface area contributed by atoms with Gasteiger partial charge in [-0.05, 0) is 55.2 Å². The van der Waals surface area contributed by atoms with E-state index in [1.54, 1.807) is 7.11 Å². The van der Waals surface area contributed by atoms with Crippen molar-refractivity contribution in [1.29, 1.82) is 0 Å². The fourth-order valence-electron chi connectivity index (χ4n) is 2.46. The molecule has 0 bridgehead atoms. The second-order valence-corrected chi connectivity index (χ2v) is 5.52. The second kappa shape index (κ2) is 5.86. The summed E-state index contributed by atoms with van der Waals surface area (Å²) < 4.78 is 5.42. The lowest BCUT2D eigenvalue weighted by Crippen LogP contribution is -2.05. The summed E-state index contributed by atoms with van der Waals surface area (Å²) >= 11 is 6.04. The molecule has 0 aliphatic heterocycles. The van der Waals surface area contributed by atoms with E-state index in [-0.39, 0.29) is 0 Å². The van der Waals surface area contributed by atoms with Crippen molar-refractivity contribution >= 4 is 11.6 Å². The van der Waals surface area contributed by atoms with Crippen molar-refractivity contribution < 1.29 is 9.84 Å². The van der Waals surface area contributed by atoms with Crippen molar-refractivity contribution in [1.82, 2.24) is 0 Å². The summed E-state index contributed by atoms with van der Waals surface area (Å²) in [6.07, 6.45) is -0.721. The molecule has 0 radical (unpaired) electrons. The van der Waals surface area contributed by atoms with Gasteiger partial charge in [-0.1, -0.05) is 29.8 Å². The fraction of sp³-hybridized carbons (Fsp3) is 0.294. The molecule has 106 valence electrons. The predicted molar refractivity (Wildman–Crippen MR) is 82.7 cm³/mol. The van der Waals surface area contributed by atoms with Gasteiger partial charge in [-0.2, -0.15) is 0 Å². The quantitative estimate of drug-likeness (QED) is 0.910. The molecular formula is C17H19ClO2. The van der Waals surface area contributed by atoms with Crippen LogP contribution in [-0.2, 0) is 0 Å². The first-order valence-electron chi connectivity index (χ1n) is 6.53. The molecule has 0 heterocycles. The maximum atomic E-state index is 10.7. The highest BCUT2D eigenvalue weighted by molar-refractivity contribution is 6.31. The van der Waals surface area contributed by atoms with E-state index in [0.717, 1.165) is 27.8 Å². The lowest BCUT2D eigenvalue weighted by Gasteiger charge is -2.19. The highest BCUT2D eigenvalue weighted by atomic mass is 35.5. The first-order chi connectivity index (χ1) is 9.43. The summed E-state index contributed by atoms with van der Waals surface area (Å²) in [6, 6.07) is 9.55. The van der Waals surface area contributed by atoms with Crippen LogP contribution in [0.4, 0.5) is 0 Å². The molecule has 3 heteroatoms. The standard InChI is InChI=1S/C17H19ClO2/c1-10-7-12(3)16(15(8-10)20-4)17(19)13-5-6-14(18)11(2)9-13/h5-9,17,19H,1-4H3. The van der Waals surface area contributed by atoms with Crippen LogP contribution in [0.1, 0.15) is 33.9 Å². The topological polar surface area (TPSA) is 29.5 Å². The molecule has 2 aromatic carbocycles. The molecule has 0 fully saturated rings. The van der Waals surface area contributed by atoms with Crippen molar-refractivity contribution in [3.8, 4) is 5.75 Å². The van der Waals surface area contributed by atoms with Crippen molar-refractivity contribution in [3.63, 3.8) is 0 Å². The average Bonchev–Trinajstić information content (AvgIpc) is 2.40. The molecule has 1 atom stereocenters. The van der Waals surface area contributed by atoms with Gasteiger partial charge < -0.3 is 9.84 Å². The molecule has 0 saturated heterocycles. The van der Waals surface area contributed by atoms with Crippen LogP contribution in [-0.4, -0.2) is 12.2 Å². The lowest BCUT2D eigenvalue weighted by molar-refractivity contribution is 0.214. The van der Waals surface area contributed by atoms with E-state index in [1.807, 2.05) is 51.1 Å². The van der Waals surface area contributed by atoms with Gasteiger partial charge in [0.25, 0.3) is 0 Å². The molecule has 1 N–H and O–H groups in total. The molecule has 0 saturated carbocycles. The Hall–Kier alpha value is -1.51. The van der Waals surface area contributed by atoms with Gasteiger partial charge in [0.05, 0.1) is 7.11 Å². The van der Waals surface area contributed by atoms with Gasteiger partial charge >= 0.3 is 0 Å². The normalized spacial score (nSPS) is 12.3. The fourth-order valence-corrected chi connectivity index (χ4v) is 2.58. The predicted octanol–water partition coefficient (Wildman–Crippen LogP) is 4.36. The number of aliphatic hydroxyl groups is 1. The minimum absolute atomic E-state index is 0.702. The molecule has 0 aliphatic carbocycles. The second-order valence-electron chi connectivity index (χ2n) is 5.11. The molecular weight excluding hydrogens is 272 g/mol. The van der Waals surface area contributed by atoms with Crippen LogP contribution in [0.5, 0.6) is 5.75 Å². The number of aryl methyl sites for hydroxylation is 3. The largest absolute Gasteiger partial charge is 0.496 e. The van der Waals surface area contributed by atoms with Gasteiger partial charge in [-0.25, -0.2) is 0 Å². The first kappa shape index (κ1) is 14.9. The zero-order valence-corrected chi connectivity index (χ0v) is 13.0. The van der Waals surface area contributed by atoms with Gasteiger partial charge in [0, 0.05) is 10.6 Å². The summed E-state index contributed by atoms with van der Waals surface area (Å²) in [6.45, 7) is 5.92. The molecule has 0 spiro atoms. The molecule has 1 unspecified atom stereocenters. The third kappa shape index (κ3) is 2.82. The monoisotopic (exact) mass is 290 g/mol. The third-order valence-corrected chi connectivity index (χ3v) is 3.91. The Morgan fingerprint density at radius 2 is 1.75 bits per heavy atom. The van der Waals surface area contributed by atoms with Crippen LogP contribution in [0.25, 0.3) is 0 Å². The summed E-state index contributed by atoms with van der Waals surface area (Å²) in [4.78, 5) is 0. The van der Waals surface area contributed by atoms with E-state index < -0.39 is 6.10 Å². The zero-order valence-electron chi connectivity index (χ0n) is 12.2. The van der Waals surface area contributed by atoms with Crippen LogP contribution < -0.4 is 4.74 Å². The summed E-state index contributed by atoms with van der Waals surface area (Å²) in [5, 5.41) is 11.4.